The monoisotopic (exact) mass is 395 g/mol. The highest BCUT2D eigenvalue weighted by Crippen LogP contribution is 2.30. The second-order valence-electron chi connectivity index (χ2n) is 7.57. The second-order valence-corrected chi connectivity index (χ2v) is 7.57. The number of hydrogen-bond donors (Lipinski definition) is 1. The van der Waals surface area contributed by atoms with E-state index in [-0.39, 0.29) is 24.2 Å². The summed E-state index contributed by atoms with van der Waals surface area (Å²) in [5, 5.41) is 2.84. The lowest BCUT2D eigenvalue weighted by Crippen LogP contribution is -2.56. The van der Waals surface area contributed by atoms with Crippen molar-refractivity contribution in [2.24, 2.45) is 0 Å². The number of rotatable bonds is 4. The molecule has 2 saturated heterocycles. The SMILES string of the molecule is O=C(Cc1ccccc1)N1CCC2(CC1)NC(=O)N(Cc1ccc(F)cc1)C2=O. The highest BCUT2D eigenvalue weighted by atomic mass is 19.1. The summed E-state index contributed by atoms with van der Waals surface area (Å²) in [5.41, 5.74) is 0.677. The first kappa shape index (κ1) is 19.1. The van der Waals surface area contributed by atoms with Gasteiger partial charge in [-0.1, -0.05) is 42.5 Å². The molecule has 0 aromatic heterocycles. The van der Waals surface area contributed by atoms with Gasteiger partial charge < -0.3 is 10.2 Å². The first-order valence-electron chi connectivity index (χ1n) is 9.67. The third-order valence-corrected chi connectivity index (χ3v) is 5.67. The lowest BCUT2D eigenvalue weighted by Gasteiger charge is -2.37. The Bertz CT molecular complexity index is 922. The number of carbonyl (C=O) groups is 3. The molecule has 2 aromatic rings. The molecule has 2 aliphatic rings. The molecule has 6 nitrogen and oxygen atoms in total. The smallest absolute Gasteiger partial charge is 0.325 e. The van der Waals surface area contributed by atoms with E-state index < -0.39 is 11.6 Å². The zero-order valence-corrected chi connectivity index (χ0v) is 15.9. The molecule has 1 N–H and O–H groups in total. The van der Waals surface area contributed by atoms with E-state index in [0.717, 1.165) is 5.56 Å². The number of halogens is 1. The topological polar surface area (TPSA) is 69.7 Å². The van der Waals surface area contributed by atoms with Crippen molar-refractivity contribution < 1.29 is 18.8 Å². The van der Waals surface area contributed by atoms with Crippen LogP contribution in [0.3, 0.4) is 0 Å². The maximum absolute atomic E-state index is 13.1. The summed E-state index contributed by atoms with van der Waals surface area (Å²) in [6.07, 6.45) is 1.10. The van der Waals surface area contributed by atoms with Crippen molar-refractivity contribution in [3.05, 3.63) is 71.5 Å². The number of amides is 4. The van der Waals surface area contributed by atoms with Crippen LogP contribution in [0.5, 0.6) is 0 Å². The van der Waals surface area contributed by atoms with Crippen LogP contribution in [0.4, 0.5) is 9.18 Å². The van der Waals surface area contributed by atoms with Crippen molar-refractivity contribution in [2.75, 3.05) is 13.1 Å². The minimum absolute atomic E-state index is 0.0194. The molecule has 1 spiro atoms. The predicted molar refractivity (Wildman–Crippen MR) is 104 cm³/mol. The van der Waals surface area contributed by atoms with E-state index in [1.807, 2.05) is 30.3 Å². The normalized spacial score (nSPS) is 18.2. The van der Waals surface area contributed by atoms with E-state index in [9.17, 15) is 18.8 Å². The van der Waals surface area contributed by atoms with Crippen LogP contribution in [0.1, 0.15) is 24.0 Å². The Hall–Kier alpha value is -3.22. The zero-order valence-electron chi connectivity index (χ0n) is 15.9. The molecular formula is C22H22FN3O3. The van der Waals surface area contributed by atoms with E-state index in [0.29, 0.717) is 37.9 Å². The maximum Gasteiger partial charge on any atom is 0.325 e. The molecule has 7 heteroatoms. The molecule has 4 amide bonds. The Balaban J connectivity index is 1.38. The first-order valence-corrected chi connectivity index (χ1v) is 9.67. The molecule has 0 bridgehead atoms. The van der Waals surface area contributed by atoms with Crippen LogP contribution in [0.25, 0.3) is 0 Å². The summed E-state index contributed by atoms with van der Waals surface area (Å²) < 4.78 is 13.1. The summed E-state index contributed by atoms with van der Waals surface area (Å²) in [7, 11) is 0. The molecular weight excluding hydrogens is 373 g/mol. The number of nitrogens with one attached hydrogen (secondary N) is 1. The van der Waals surface area contributed by atoms with E-state index in [2.05, 4.69) is 5.32 Å². The average molecular weight is 395 g/mol. The van der Waals surface area contributed by atoms with Gasteiger partial charge in [0.1, 0.15) is 11.4 Å². The van der Waals surface area contributed by atoms with Gasteiger partial charge in [0.2, 0.25) is 5.91 Å². The van der Waals surface area contributed by atoms with Gasteiger partial charge in [0, 0.05) is 13.1 Å². The summed E-state index contributed by atoms with van der Waals surface area (Å²) in [6.45, 7) is 0.938. The molecule has 0 radical (unpaired) electrons. The summed E-state index contributed by atoms with van der Waals surface area (Å²) >= 11 is 0. The highest BCUT2D eigenvalue weighted by Gasteiger charge is 2.52. The number of benzene rings is 2. The van der Waals surface area contributed by atoms with Crippen molar-refractivity contribution in [2.45, 2.75) is 31.3 Å². The van der Waals surface area contributed by atoms with Crippen molar-refractivity contribution in [3.63, 3.8) is 0 Å². The largest absolute Gasteiger partial charge is 0.342 e. The van der Waals surface area contributed by atoms with Crippen LogP contribution in [0.2, 0.25) is 0 Å². The van der Waals surface area contributed by atoms with Gasteiger partial charge in [0.15, 0.2) is 0 Å². The molecule has 150 valence electrons. The van der Waals surface area contributed by atoms with Gasteiger partial charge in [0.25, 0.3) is 5.91 Å². The van der Waals surface area contributed by atoms with Crippen molar-refractivity contribution in [3.8, 4) is 0 Å². The molecule has 29 heavy (non-hydrogen) atoms. The molecule has 0 aliphatic carbocycles. The van der Waals surface area contributed by atoms with Crippen LogP contribution in [0, 0.1) is 5.82 Å². The minimum Gasteiger partial charge on any atom is -0.342 e. The molecule has 2 heterocycles. The summed E-state index contributed by atoms with van der Waals surface area (Å²) in [4.78, 5) is 40.9. The van der Waals surface area contributed by atoms with Crippen LogP contribution in [-0.4, -0.2) is 46.3 Å². The summed E-state index contributed by atoms with van der Waals surface area (Å²) in [6, 6.07) is 14.8. The fourth-order valence-electron chi connectivity index (χ4n) is 3.95. The number of urea groups is 1. The lowest BCUT2D eigenvalue weighted by molar-refractivity contribution is -0.138. The van der Waals surface area contributed by atoms with Crippen molar-refractivity contribution in [1.29, 1.82) is 0 Å². The number of nitrogens with zero attached hydrogens (tertiary/aromatic N) is 2. The van der Waals surface area contributed by atoms with Crippen molar-refractivity contribution >= 4 is 17.8 Å². The third kappa shape index (κ3) is 3.85. The average Bonchev–Trinajstić information content (AvgIpc) is 2.95. The Kier molecular flexibility index (Phi) is 5.05. The molecule has 2 aromatic carbocycles. The first-order chi connectivity index (χ1) is 14.0. The van der Waals surface area contributed by atoms with E-state index >= 15 is 0 Å². The summed E-state index contributed by atoms with van der Waals surface area (Å²) in [5.74, 6) is -0.622. The fourth-order valence-corrected chi connectivity index (χ4v) is 3.95. The van der Waals surface area contributed by atoms with Crippen LogP contribution >= 0.6 is 0 Å². The third-order valence-electron chi connectivity index (χ3n) is 5.67. The van der Waals surface area contributed by atoms with Crippen LogP contribution in [-0.2, 0) is 22.6 Å². The van der Waals surface area contributed by atoms with E-state index in [4.69, 9.17) is 0 Å². The van der Waals surface area contributed by atoms with Gasteiger partial charge in [0.05, 0.1) is 13.0 Å². The van der Waals surface area contributed by atoms with Gasteiger partial charge in [-0.3, -0.25) is 14.5 Å². The van der Waals surface area contributed by atoms with Gasteiger partial charge in [-0.2, -0.15) is 0 Å². The second kappa shape index (κ2) is 7.66. The molecule has 0 unspecified atom stereocenters. The molecule has 4 rings (SSSR count). The quantitative estimate of drug-likeness (QED) is 0.809. The van der Waals surface area contributed by atoms with Gasteiger partial charge in [-0.25, -0.2) is 9.18 Å². The minimum atomic E-state index is -0.958. The number of carbonyl (C=O) groups excluding carboxylic acids is 3. The van der Waals surface area contributed by atoms with E-state index in [1.54, 1.807) is 17.0 Å². The fraction of sp³-hybridized carbons (Fsp3) is 0.318. The van der Waals surface area contributed by atoms with Gasteiger partial charge in [-0.15, -0.1) is 0 Å². The molecule has 0 saturated carbocycles. The van der Waals surface area contributed by atoms with Crippen molar-refractivity contribution in [1.82, 2.24) is 15.1 Å². The standard InChI is InChI=1S/C22H22FN3O3/c23-18-8-6-17(7-9-18)15-26-20(28)22(24-21(26)29)10-12-25(13-11-22)19(27)14-16-4-2-1-3-5-16/h1-9H,10-15H2,(H,24,29). The molecule has 0 atom stereocenters. The Labute approximate surface area is 168 Å². The number of piperidine rings is 1. The lowest BCUT2D eigenvalue weighted by atomic mass is 9.87. The number of imide groups is 1. The van der Waals surface area contributed by atoms with Gasteiger partial charge >= 0.3 is 6.03 Å². The Morgan fingerprint density at radius 3 is 2.28 bits per heavy atom. The molecule has 2 aliphatic heterocycles. The van der Waals surface area contributed by atoms with Gasteiger partial charge in [-0.05, 0) is 36.1 Å². The number of likely N-dealkylation sites (tertiary alicyclic amines) is 1. The molecule has 2 fully saturated rings. The maximum atomic E-state index is 13.1. The predicted octanol–water partition coefficient (Wildman–Crippen LogP) is 2.48. The Morgan fingerprint density at radius 2 is 1.62 bits per heavy atom. The van der Waals surface area contributed by atoms with Crippen LogP contribution < -0.4 is 5.32 Å². The Morgan fingerprint density at radius 1 is 0.966 bits per heavy atom. The highest BCUT2D eigenvalue weighted by molar-refractivity contribution is 6.07. The zero-order chi connectivity index (χ0) is 20.4. The van der Waals surface area contributed by atoms with E-state index in [1.165, 1.54) is 17.0 Å². The number of hydrogen-bond acceptors (Lipinski definition) is 3. The van der Waals surface area contributed by atoms with Crippen LogP contribution in [0.15, 0.2) is 54.6 Å².